The van der Waals surface area contributed by atoms with Gasteiger partial charge in [0.2, 0.25) is 0 Å². The summed E-state index contributed by atoms with van der Waals surface area (Å²) in [5.41, 5.74) is -1.17. The van der Waals surface area contributed by atoms with Crippen LogP contribution in [0.25, 0.3) is 0 Å². The van der Waals surface area contributed by atoms with Gasteiger partial charge in [-0.15, -0.1) is 0 Å². The third-order valence-electron chi connectivity index (χ3n) is 3.01. The topological polar surface area (TPSA) is 122 Å². The second-order valence-electron chi connectivity index (χ2n) is 4.82. The number of carboxylic acid groups (broad SMARTS) is 1. The normalized spacial score (nSPS) is 26.9. The van der Waals surface area contributed by atoms with Gasteiger partial charge < -0.3 is 20.5 Å². The maximum absolute atomic E-state index is 11.5. The zero-order valence-electron chi connectivity index (χ0n) is 10.8. The summed E-state index contributed by atoms with van der Waals surface area (Å²) in [5.74, 6) is -1.22. The molecular weight excluding hydrogens is 276 g/mol. The molecule has 1 aliphatic rings. The lowest BCUT2D eigenvalue weighted by atomic mass is 9.85. The van der Waals surface area contributed by atoms with Gasteiger partial charge in [-0.25, -0.2) is 13.2 Å². The molecule has 110 valence electrons. The van der Waals surface area contributed by atoms with Crippen molar-refractivity contribution >= 4 is 21.8 Å². The molecule has 0 bridgehead atoms. The number of urea groups is 1. The fourth-order valence-corrected chi connectivity index (χ4v) is 2.12. The maximum atomic E-state index is 11.5. The average molecular weight is 294 g/mol. The van der Waals surface area contributed by atoms with E-state index < -0.39 is 33.3 Å². The van der Waals surface area contributed by atoms with E-state index in [-0.39, 0.29) is 25.5 Å². The first kappa shape index (κ1) is 15.7. The molecule has 0 aromatic carbocycles. The summed E-state index contributed by atoms with van der Waals surface area (Å²) in [5, 5.41) is 14.0. The van der Waals surface area contributed by atoms with Crippen LogP contribution in [0.3, 0.4) is 0 Å². The number of rotatable bonds is 5. The number of ether oxygens (including phenoxy) is 1. The first-order valence-electron chi connectivity index (χ1n) is 5.68. The summed E-state index contributed by atoms with van der Waals surface area (Å²) >= 11 is 0. The van der Waals surface area contributed by atoms with Crippen LogP contribution in [0.2, 0.25) is 0 Å². The molecule has 3 N–H and O–H groups in total. The van der Waals surface area contributed by atoms with Crippen molar-refractivity contribution in [2.45, 2.75) is 13.0 Å². The molecule has 2 amide bonds. The van der Waals surface area contributed by atoms with Crippen LogP contribution in [-0.2, 0) is 19.4 Å². The van der Waals surface area contributed by atoms with Gasteiger partial charge in [-0.2, -0.15) is 0 Å². The van der Waals surface area contributed by atoms with E-state index in [4.69, 9.17) is 9.84 Å². The van der Waals surface area contributed by atoms with E-state index in [1.165, 1.54) is 6.92 Å². The van der Waals surface area contributed by atoms with Crippen LogP contribution in [0.5, 0.6) is 0 Å². The Bertz CT molecular complexity index is 463. The molecule has 1 rings (SSSR count). The highest BCUT2D eigenvalue weighted by molar-refractivity contribution is 7.90. The molecule has 1 fully saturated rings. The summed E-state index contributed by atoms with van der Waals surface area (Å²) in [6.07, 6.45) is 1.07. The standard InChI is InChI=1S/C10H18N2O6S/c1-10(8(13)14)6-18-5-7(10)12-9(15)11-3-4-19(2,16)17/h7H,3-6H2,1-2H3,(H,13,14)(H2,11,12,15). The summed E-state index contributed by atoms with van der Waals surface area (Å²) in [6.45, 7) is 1.60. The molecule has 0 saturated carbocycles. The fourth-order valence-electron chi connectivity index (χ4n) is 1.64. The molecule has 0 radical (unpaired) electrons. The van der Waals surface area contributed by atoms with Crippen molar-refractivity contribution in [3.05, 3.63) is 0 Å². The molecule has 0 aromatic rings. The van der Waals surface area contributed by atoms with Crippen molar-refractivity contribution in [3.63, 3.8) is 0 Å². The molecule has 19 heavy (non-hydrogen) atoms. The first-order chi connectivity index (χ1) is 8.65. The van der Waals surface area contributed by atoms with Crippen LogP contribution >= 0.6 is 0 Å². The number of amides is 2. The highest BCUT2D eigenvalue weighted by Gasteiger charge is 2.47. The number of hydrogen-bond donors (Lipinski definition) is 3. The van der Waals surface area contributed by atoms with Crippen molar-refractivity contribution in [2.24, 2.45) is 5.41 Å². The Labute approximate surface area is 111 Å². The van der Waals surface area contributed by atoms with E-state index in [1.807, 2.05) is 0 Å². The predicted molar refractivity (Wildman–Crippen MR) is 66.6 cm³/mol. The Balaban J connectivity index is 2.46. The predicted octanol–water partition coefficient (Wildman–Crippen LogP) is -1.18. The molecule has 8 nitrogen and oxygen atoms in total. The van der Waals surface area contributed by atoms with Crippen LogP contribution in [0.4, 0.5) is 4.79 Å². The monoisotopic (exact) mass is 294 g/mol. The molecule has 1 aliphatic heterocycles. The van der Waals surface area contributed by atoms with Gasteiger partial charge in [-0.1, -0.05) is 0 Å². The van der Waals surface area contributed by atoms with Crippen LogP contribution < -0.4 is 10.6 Å². The highest BCUT2D eigenvalue weighted by Crippen LogP contribution is 2.28. The Kier molecular flexibility index (Phi) is 4.75. The third-order valence-corrected chi connectivity index (χ3v) is 3.95. The van der Waals surface area contributed by atoms with E-state index in [1.54, 1.807) is 0 Å². The number of hydrogen-bond acceptors (Lipinski definition) is 5. The van der Waals surface area contributed by atoms with E-state index in [0.29, 0.717) is 0 Å². The van der Waals surface area contributed by atoms with Crippen molar-refractivity contribution in [1.82, 2.24) is 10.6 Å². The maximum Gasteiger partial charge on any atom is 0.315 e. The van der Waals surface area contributed by atoms with Gasteiger partial charge >= 0.3 is 12.0 Å². The summed E-state index contributed by atoms with van der Waals surface area (Å²) < 4.78 is 26.8. The zero-order chi connectivity index (χ0) is 14.7. The largest absolute Gasteiger partial charge is 0.481 e. The van der Waals surface area contributed by atoms with Crippen LogP contribution in [0.1, 0.15) is 6.92 Å². The fraction of sp³-hybridized carbons (Fsp3) is 0.800. The summed E-state index contributed by atoms with van der Waals surface area (Å²) in [7, 11) is -3.14. The van der Waals surface area contributed by atoms with Gasteiger partial charge in [0.15, 0.2) is 0 Å². The minimum absolute atomic E-state index is 0.0244. The van der Waals surface area contributed by atoms with Crippen molar-refractivity contribution in [1.29, 1.82) is 0 Å². The Hall–Kier alpha value is -1.35. The molecule has 9 heteroatoms. The molecule has 0 aromatic heterocycles. The minimum Gasteiger partial charge on any atom is -0.481 e. The number of carbonyl (C=O) groups is 2. The third kappa shape index (κ3) is 4.35. The van der Waals surface area contributed by atoms with Gasteiger partial charge in [0.25, 0.3) is 0 Å². The SMILES string of the molecule is CC1(C(=O)O)COCC1NC(=O)NCCS(C)(=O)=O. The zero-order valence-corrected chi connectivity index (χ0v) is 11.6. The average Bonchev–Trinajstić information content (AvgIpc) is 2.59. The van der Waals surface area contributed by atoms with Gasteiger partial charge in [-0.3, -0.25) is 4.79 Å². The van der Waals surface area contributed by atoms with Crippen LogP contribution in [-0.4, -0.2) is 63.3 Å². The molecular formula is C10H18N2O6S. The number of carboxylic acids is 1. The minimum atomic E-state index is -3.14. The second-order valence-corrected chi connectivity index (χ2v) is 7.08. The van der Waals surface area contributed by atoms with Crippen molar-refractivity contribution in [2.75, 3.05) is 31.8 Å². The number of aliphatic carboxylic acids is 1. The quantitative estimate of drug-likeness (QED) is 0.587. The van der Waals surface area contributed by atoms with Gasteiger partial charge in [0, 0.05) is 12.8 Å². The van der Waals surface area contributed by atoms with Gasteiger partial charge in [-0.05, 0) is 6.92 Å². The van der Waals surface area contributed by atoms with Crippen molar-refractivity contribution in [3.8, 4) is 0 Å². The number of nitrogens with one attached hydrogen (secondary N) is 2. The molecule has 0 spiro atoms. The molecule has 2 atom stereocenters. The lowest BCUT2D eigenvalue weighted by Gasteiger charge is -2.25. The van der Waals surface area contributed by atoms with E-state index in [9.17, 15) is 18.0 Å². The summed E-state index contributed by atoms with van der Waals surface area (Å²) in [6, 6.07) is -1.25. The molecule has 2 unspecified atom stereocenters. The van der Waals surface area contributed by atoms with Crippen LogP contribution in [0.15, 0.2) is 0 Å². The Morgan fingerprint density at radius 2 is 2.11 bits per heavy atom. The van der Waals surface area contributed by atoms with Crippen LogP contribution in [0, 0.1) is 5.41 Å². The molecule has 1 saturated heterocycles. The van der Waals surface area contributed by atoms with E-state index in [2.05, 4.69) is 10.6 Å². The smallest absolute Gasteiger partial charge is 0.315 e. The van der Waals surface area contributed by atoms with Crippen molar-refractivity contribution < 1.29 is 27.9 Å². The van der Waals surface area contributed by atoms with E-state index >= 15 is 0 Å². The Morgan fingerprint density at radius 3 is 2.63 bits per heavy atom. The number of carbonyl (C=O) groups excluding carboxylic acids is 1. The van der Waals surface area contributed by atoms with E-state index in [0.717, 1.165) is 6.26 Å². The molecule has 0 aliphatic carbocycles. The molecule has 1 heterocycles. The highest BCUT2D eigenvalue weighted by atomic mass is 32.2. The second kappa shape index (κ2) is 5.74. The summed E-state index contributed by atoms with van der Waals surface area (Å²) in [4.78, 5) is 22.7. The lowest BCUT2D eigenvalue weighted by molar-refractivity contribution is -0.148. The Morgan fingerprint density at radius 1 is 1.47 bits per heavy atom. The van der Waals surface area contributed by atoms with Gasteiger partial charge in [0.1, 0.15) is 15.3 Å². The van der Waals surface area contributed by atoms with Gasteiger partial charge in [0.05, 0.1) is 25.0 Å². The lowest BCUT2D eigenvalue weighted by Crippen LogP contribution is -2.52. The first-order valence-corrected chi connectivity index (χ1v) is 7.74. The number of sulfone groups is 1.